The highest BCUT2D eigenvalue weighted by Gasteiger charge is 2.31. The van der Waals surface area contributed by atoms with Gasteiger partial charge in [0.15, 0.2) is 0 Å². The summed E-state index contributed by atoms with van der Waals surface area (Å²) >= 11 is 0. The van der Waals surface area contributed by atoms with Crippen molar-refractivity contribution in [1.29, 1.82) is 0 Å². The van der Waals surface area contributed by atoms with Gasteiger partial charge in [0.2, 0.25) is 0 Å². The van der Waals surface area contributed by atoms with E-state index in [0.29, 0.717) is 0 Å². The molecule has 0 aliphatic rings. The highest BCUT2D eigenvalue weighted by atomic mass is 19.4. The number of aromatic amines is 1. The number of H-pyrrole nitrogens is 1. The van der Waals surface area contributed by atoms with Crippen LogP contribution in [0.1, 0.15) is 29.9 Å². The van der Waals surface area contributed by atoms with Crippen molar-refractivity contribution in [3.8, 4) is 5.75 Å². The van der Waals surface area contributed by atoms with E-state index < -0.39 is 6.36 Å². The van der Waals surface area contributed by atoms with E-state index in [1.807, 2.05) is 20.8 Å². The zero-order valence-corrected chi connectivity index (χ0v) is 11.9. The minimum absolute atomic E-state index is 0.0695. The summed E-state index contributed by atoms with van der Waals surface area (Å²) in [6, 6.07) is 5.74. The van der Waals surface area contributed by atoms with Crippen molar-refractivity contribution >= 4 is 5.69 Å². The van der Waals surface area contributed by atoms with Crippen LogP contribution in [0, 0.1) is 13.8 Å². The smallest absolute Gasteiger partial charge is 0.406 e. The van der Waals surface area contributed by atoms with Crippen LogP contribution in [0.25, 0.3) is 0 Å². The van der Waals surface area contributed by atoms with E-state index in [1.54, 1.807) is 12.1 Å². The zero-order chi connectivity index (χ0) is 15.6. The van der Waals surface area contributed by atoms with Gasteiger partial charge in [-0.2, -0.15) is 5.10 Å². The number of hydrogen-bond donors (Lipinski definition) is 2. The fraction of sp³-hybridized carbons (Fsp3) is 0.357. The number of hydrogen-bond acceptors (Lipinski definition) is 3. The van der Waals surface area contributed by atoms with Gasteiger partial charge in [0.05, 0.1) is 17.1 Å². The SMILES string of the molecule is Cc1n[nH]c(C)c1NC(C)c1ccc(OC(F)(F)F)cc1. The Morgan fingerprint density at radius 2 is 1.81 bits per heavy atom. The molecule has 7 heteroatoms. The molecule has 0 radical (unpaired) electrons. The van der Waals surface area contributed by atoms with Gasteiger partial charge in [-0.15, -0.1) is 13.2 Å². The number of nitrogens with zero attached hydrogens (tertiary/aromatic N) is 1. The Bertz CT molecular complexity index is 585. The van der Waals surface area contributed by atoms with E-state index in [1.165, 1.54) is 12.1 Å². The molecule has 1 unspecified atom stereocenters. The molecule has 0 bridgehead atoms. The van der Waals surface area contributed by atoms with Crippen molar-refractivity contribution in [3.05, 3.63) is 41.2 Å². The lowest BCUT2D eigenvalue weighted by Gasteiger charge is -2.16. The van der Waals surface area contributed by atoms with E-state index in [-0.39, 0.29) is 11.8 Å². The number of benzene rings is 1. The molecule has 21 heavy (non-hydrogen) atoms. The first-order valence-electron chi connectivity index (χ1n) is 6.40. The molecular formula is C14H16F3N3O. The summed E-state index contributed by atoms with van der Waals surface area (Å²) < 4.78 is 40.1. The number of anilines is 1. The first-order valence-corrected chi connectivity index (χ1v) is 6.40. The highest BCUT2D eigenvalue weighted by Crippen LogP contribution is 2.27. The van der Waals surface area contributed by atoms with Crippen LogP contribution < -0.4 is 10.1 Å². The predicted molar refractivity (Wildman–Crippen MR) is 73.2 cm³/mol. The third-order valence-electron chi connectivity index (χ3n) is 3.10. The molecule has 114 valence electrons. The summed E-state index contributed by atoms with van der Waals surface area (Å²) in [5.74, 6) is -0.228. The van der Waals surface area contributed by atoms with Gasteiger partial charge in [0.25, 0.3) is 0 Å². The third-order valence-corrected chi connectivity index (χ3v) is 3.10. The van der Waals surface area contributed by atoms with Gasteiger partial charge >= 0.3 is 6.36 Å². The highest BCUT2D eigenvalue weighted by molar-refractivity contribution is 5.53. The Kier molecular flexibility index (Phi) is 4.11. The predicted octanol–water partition coefficient (Wildman–Crippen LogP) is 4.10. The zero-order valence-electron chi connectivity index (χ0n) is 11.9. The molecule has 0 saturated carbocycles. The Morgan fingerprint density at radius 3 is 2.29 bits per heavy atom. The molecule has 0 spiro atoms. The largest absolute Gasteiger partial charge is 0.573 e. The van der Waals surface area contributed by atoms with E-state index >= 15 is 0 Å². The number of nitrogens with one attached hydrogen (secondary N) is 2. The van der Waals surface area contributed by atoms with Crippen LogP contribution >= 0.6 is 0 Å². The van der Waals surface area contributed by atoms with Crippen LogP contribution in [-0.2, 0) is 0 Å². The molecule has 2 N–H and O–H groups in total. The fourth-order valence-corrected chi connectivity index (χ4v) is 2.02. The van der Waals surface area contributed by atoms with Crippen LogP contribution in [0.3, 0.4) is 0 Å². The first-order chi connectivity index (χ1) is 9.76. The second-order valence-electron chi connectivity index (χ2n) is 4.79. The van der Waals surface area contributed by atoms with Crippen molar-refractivity contribution in [2.75, 3.05) is 5.32 Å². The Labute approximate surface area is 120 Å². The van der Waals surface area contributed by atoms with Gasteiger partial charge in [0, 0.05) is 6.04 Å². The molecule has 0 aliphatic heterocycles. The van der Waals surface area contributed by atoms with Gasteiger partial charge in [-0.1, -0.05) is 12.1 Å². The topological polar surface area (TPSA) is 49.9 Å². The molecule has 4 nitrogen and oxygen atoms in total. The van der Waals surface area contributed by atoms with Crippen molar-refractivity contribution in [3.63, 3.8) is 0 Å². The second-order valence-corrected chi connectivity index (χ2v) is 4.79. The monoisotopic (exact) mass is 299 g/mol. The Balaban J connectivity index is 2.08. The van der Waals surface area contributed by atoms with E-state index in [9.17, 15) is 13.2 Å². The maximum atomic E-state index is 12.1. The average molecular weight is 299 g/mol. The molecule has 0 aliphatic carbocycles. The molecule has 1 heterocycles. The maximum Gasteiger partial charge on any atom is 0.573 e. The molecule has 0 saturated heterocycles. The molecule has 1 aromatic heterocycles. The third kappa shape index (κ3) is 3.90. The number of halogens is 3. The average Bonchev–Trinajstić information content (AvgIpc) is 2.69. The standard InChI is InChI=1S/C14H16F3N3O/c1-8(18-13-9(2)19-20-10(13)3)11-4-6-12(7-5-11)21-14(15,16)17/h4-8,18H,1-3H3,(H,19,20). The lowest BCUT2D eigenvalue weighted by Crippen LogP contribution is -2.17. The van der Waals surface area contributed by atoms with E-state index in [0.717, 1.165) is 22.6 Å². The minimum atomic E-state index is -4.67. The second kappa shape index (κ2) is 5.67. The summed E-state index contributed by atoms with van der Waals surface area (Å²) in [7, 11) is 0. The van der Waals surface area contributed by atoms with Crippen LogP contribution in [0.4, 0.5) is 18.9 Å². The summed E-state index contributed by atoms with van der Waals surface area (Å²) in [5.41, 5.74) is 3.51. The molecule has 0 fully saturated rings. The van der Waals surface area contributed by atoms with Crippen LogP contribution in [-0.4, -0.2) is 16.6 Å². The van der Waals surface area contributed by atoms with Crippen molar-refractivity contribution in [1.82, 2.24) is 10.2 Å². The molecule has 1 atom stereocenters. The summed E-state index contributed by atoms with van der Waals surface area (Å²) in [6.45, 7) is 5.69. The van der Waals surface area contributed by atoms with Gasteiger partial charge in [-0.25, -0.2) is 0 Å². The van der Waals surface area contributed by atoms with Crippen LogP contribution in [0.15, 0.2) is 24.3 Å². The molecule has 0 amide bonds. The van der Waals surface area contributed by atoms with E-state index in [2.05, 4.69) is 20.3 Å². The van der Waals surface area contributed by atoms with Gasteiger partial charge in [-0.05, 0) is 38.5 Å². The normalized spacial score (nSPS) is 13.0. The quantitative estimate of drug-likeness (QED) is 0.893. The Hall–Kier alpha value is -2.18. The van der Waals surface area contributed by atoms with Gasteiger partial charge < -0.3 is 10.1 Å². The van der Waals surface area contributed by atoms with E-state index in [4.69, 9.17) is 0 Å². The number of ether oxygens (including phenoxy) is 1. The number of alkyl halides is 3. The van der Waals surface area contributed by atoms with Crippen molar-refractivity contribution in [2.45, 2.75) is 33.2 Å². The lowest BCUT2D eigenvalue weighted by molar-refractivity contribution is -0.274. The summed E-state index contributed by atoms with van der Waals surface area (Å²) in [5, 5.41) is 10.2. The van der Waals surface area contributed by atoms with Crippen LogP contribution in [0.2, 0.25) is 0 Å². The van der Waals surface area contributed by atoms with Crippen LogP contribution in [0.5, 0.6) is 5.75 Å². The lowest BCUT2D eigenvalue weighted by atomic mass is 10.1. The Morgan fingerprint density at radius 1 is 1.19 bits per heavy atom. The van der Waals surface area contributed by atoms with Gasteiger partial charge in [0.1, 0.15) is 5.75 Å². The fourth-order valence-electron chi connectivity index (χ4n) is 2.02. The number of rotatable bonds is 4. The summed E-state index contributed by atoms with van der Waals surface area (Å²) in [4.78, 5) is 0. The minimum Gasteiger partial charge on any atom is -0.406 e. The van der Waals surface area contributed by atoms with Gasteiger partial charge in [-0.3, -0.25) is 5.10 Å². The molecule has 1 aromatic carbocycles. The maximum absolute atomic E-state index is 12.1. The first kappa shape index (κ1) is 15.2. The van der Waals surface area contributed by atoms with Crippen molar-refractivity contribution in [2.24, 2.45) is 0 Å². The molecule has 2 rings (SSSR count). The van der Waals surface area contributed by atoms with Crippen molar-refractivity contribution < 1.29 is 17.9 Å². The molecular weight excluding hydrogens is 283 g/mol. The summed E-state index contributed by atoms with van der Waals surface area (Å²) in [6.07, 6.45) is -4.67. The molecule has 2 aromatic rings. The number of aryl methyl sites for hydroxylation is 2. The number of aromatic nitrogens is 2.